The predicted molar refractivity (Wildman–Crippen MR) is 83.3 cm³/mol. The van der Waals surface area contributed by atoms with Crippen molar-refractivity contribution in [3.05, 3.63) is 47.0 Å². The third kappa shape index (κ3) is 2.51. The molecule has 0 heterocycles. The largest absolute Gasteiger partial charge is 0.504 e. The van der Waals surface area contributed by atoms with Crippen molar-refractivity contribution in [2.45, 2.75) is 40.0 Å². The van der Waals surface area contributed by atoms with E-state index in [-0.39, 0.29) is 11.5 Å². The van der Waals surface area contributed by atoms with E-state index in [1.54, 1.807) is 6.07 Å². The Morgan fingerprint density at radius 1 is 0.850 bits per heavy atom. The van der Waals surface area contributed by atoms with Crippen LogP contribution in [0.4, 0.5) is 0 Å². The minimum atomic E-state index is -0.0337. The van der Waals surface area contributed by atoms with Crippen LogP contribution in [0.2, 0.25) is 0 Å². The lowest BCUT2D eigenvalue weighted by atomic mass is 9.90. The van der Waals surface area contributed by atoms with Crippen LogP contribution in [-0.4, -0.2) is 10.2 Å². The summed E-state index contributed by atoms with van der Waals surface area (Å²) in [6.45, 7) is 6.26. The number of benzene rings is 2. The van der Waals surface area contributed by atoms with Crippen LogP contribution in [0.3, 0.4) is 0 Å². The zero-order valence-corrected chi connectivity index (χ0v) is 12.4. The smallest absolute Gasteiger partial charge is 0.165 e. The lowest BCUT2D eigenvalue weighted by Gasteiger charge is -2.16. The Hall–Kier alpha value is -1.96. The topological polar surface area (TPSA) is 40.5 Å². The maximum Gasteiger partial charge on any atom is 0.165 e. The van der Waals surface area contributed by atoms with E-state index in [2.05, 4.69) is 32.9 Å². The van der Waals surface area contributed by atoms with Crippen molar-refractivity contribution < 1.29 is 10.2 Å². The van der Waals surface area contributed by atoms with Gasteiger partial charge in [-0.2, -0.15) is 0 Å². The van der Waals surface area contributed by atoms with E-state index < -0.39 is 0 Å². The van der Waals surface area contributed by atoms with Crippen molar-refractivity contribution in [2.75, 3.05) is 0 Å². The predicted octanol–water partition coefficient (Wildman–Crippen LogP) is 4.45. The first-order chi connectivity index (χ1) is 9.62. The van der Waals surface area contributed by atoms with Gasteiger partial charge in [0.1, 0.15) is 0 Å². The molecule has 106 valence electrons. The molecule has 0 fully saturated rings. The summed E-state index contributed by atoms with van der Waals surface area (Å²) in [5.74, 6) is -0.0445. The zero-order valence-electron chi connectivity index (χ0n) is 12.4. The van der Waals surface area contributed by atoms with Gasteiger partial charge in [-0.15, -0.1) is 0 Å². The SMILES string of the molecule is CCc1ccc(-c2c(O)c(O)cc(CC)c2CC)cc1. The van der Waals surface area contributed by atoms with E-state index in [4.69, 9.17) is 0 Å². The van der Waals surface area contributed by atoms with Gasteiger partial charge in [-0.25, -0.2) is 0 Å². The fourth-order valence-corrected chi connectivity index (χ4v) is 2.69. The first-order valence-corrected chi connectivity index (χ1v) is 7.28. The van der Waals surface area contributed by atoms with Gasteiger partial charge in [0.25, 0.3) is 0 Å². The molecule has 0 atom stereocenters. The van der Waals surface area contributed by atoms with Gasteiger partial charge in [0.15, 0.2) is 11.5 Å². The third-order valence-electron chi connectivity index (χ3n) is 3.87. The van der Waals surface area contributed by atoms with E-state index in [0.29, 0.717) is 0 Å². The van der Waals surface area contributed by atoms with Gasteiger partial charge in [-0.05, 0) is 47.6 Å². The van der Waals surface area contributed by atoms with Crippen molar-refractivity contribution in [1.29, 1.82) is 0 Å². The van der Waals surface area contributed by atoms with Gasteiger partial charge in [0.2, 0.25) is 0 Å². The molecule has 20 heavy (non-hydrogen) atoms. The molecule has 0 aliphatic rings. The number of hydrogen-bond acceptors (Lipinski definition) is 2. The summed E-state index contributed by atoms with van der Waals surface area (Å²) < 4.78 is 0. The molecule has 0 saturated heterocycles. The molecule has 0 spiro atoms. The van der Waals surface area contributed by atoms with E-state index >= 15 is 0 Å². The maximum absolute atomic E-state index is 10.3. The van der Waals surface area contributed by atoms with Crippen molar-refractivity contribution in [2.24, 2.45) is 0 Å². The van der Waals surface area contributed by atoms with Crippen LogP contribution in [-0.2, 0) is 19.3 Å². The molecule has 0 aliphatic carbocycles. The molecule has 2 nitrogen and oxygen atoms in total. The van der Waals surface area contributed by atoms with Gasteiger partial charge in [0.05, 0.1) is 0 Å². The minimum absolute atomic E-state index is 0.0108. The Morgan fingerprint density at radius 3 is 2.00 bits per heavy atom. The molecule has 2 aromatic carbocycles. The van der Waals surface area contributed by atoms with Crippen LogP contribution in [0.25, 0.3) is 11.1 Å². The summed E-state index contributed by atoms with van der Waals surface area (Å²) in [4.78, 5) is 0. The third-order valence-corrected chi connectivity index (χ3v) is 3.87. The molecule has 2 rings (SSSR count). The van der Waals surface area contributed by atoms with Crippen molar-refractivity contribution in [3.8, 4) is 22.6 Å². The molecule has 0 radical (unpaired) electrons. The number of aryl methyl sites for hydroxylation is 2. The van der Waals surface area contributed by atoms with E-state index in [1.165, 1.54) is 5.56 Å². The molecule has 0 aliphatic heterocycles. The van der Waals surface area contributed by atoms with E-state index in [0.717, 1.165) is 41.5 Å². The van der Waals surface area contributed by atoms with Crippen molar-refractivity contribution in [1.82, 2.24) is 0 Å². The Bertz CT molecular complexity index is 598. The lowest BCUT2D eigenvalue weighted by Crippen LogP contribution is -1.96. The summed E-state index contributed by atoms with van der Waals surface area (Å²) in [6.07, 6.45) is 2.67. The van der Waals surface area contributed by atoms with E-state index in [1.807, 2.05) is 12.1 Å². The Morgan fingerprint density at radius 2 is 1.50 bits per heavy atom. The molecule has 0 saturated carbocycles. The molecule has 0 aromatic heterocycles. The maximum atomic E-state index is 10.3. The fraction of sp³-hybridized carbons (Fsp3) is 0.333. The van der Waals surface area contributed by atoms with Crippen LogP contribution in [0.1, 0.15) is 37.5 Å². The minimum Gasteiger partial charge on any atom is -0.504 e. The van der Waals surface area contributed by atoms with Crippen LogP contribution in [0.15, 0.2) is 30.3 Å². The second-order valence-electron chi connectivity index (χ2n) is 5.01. The van der Waals surface area contributed by atoms with Crippen molar-refractivity contribution in [3.63, 3.8) is 0 Å². The van der Waals surface area contributed by atoms with Crippen LogP contribution < -0.4 is 0 Å². The summed E-state index contributed by atoms with van der Waals surface area (Å²) in [7, 11) is 0. The van der Waals surface area contributed by atoms with Gasteiger partial charge < -0.3 is 10.2 Å². The number of hydrogen-bond donors (Lipinski definition) is 2. The second kappa shape index (κ2) is 6.00. The molecule has 2 N–H and O–H groups in total. The van der Waals surface area contributed by atoms with Gasteiger partial charge in [-0.3, -0.25) is 0 Å². The first-order valence-electron chi connectivity index (χ1n) is 7.28. The van der Waals surface area contributed by atoms with Gasteiger partial charge in [-0.1, -0.05) is 45.0 Å². The van der Waals surface area contributed by atoms with Gasteiger partial charge in [0, 0.05) is 5.56 Å². The lowest BCUT2D eigenvalue weighted by molar-refractivity contribution is 0.404. The highest BCUT2D eigenvalue weighted by Gasteiger charge is 2.17. The summed E-state index contributed by atoms with van der Waals surface area (Å²) >= 11 is 0. The molecule has 0 bridgehead atoms. The molecule has 0 amide bonds. The average Bonchev–Trinajstić information content (AvgIpc) is 2.49. The average molecular weight is 270 g/mol. The standard InChI is InChI=1S/C18H22O2/c1-4-12-7-9-14(10-8-12)17-15(6-3)13(5-2)11-16(19)18(17)20/h7-11,19-20H,4-6H2,1-3H3. The molecule has 2 aromatic rings. The van der Waals surface area contributed by atoms with Crippen LogP contribution in [0, 0.1) is 0 Å². The molecule has 0 unspecified atom stereocenters. The summed E-state index contributed by atoms with van der Waals surface area (Å²) in [5, 5.41) is 20.2. The summed E-state index contributed by atoms with van der Waals surface area (Å²) in [6, 6.07) is 9.86. The van der Waals surface area contributed by atoms with Crippen LogP contribution in [0.5, 0.6) is 11.5 Å². The zero-order chi connectivity index (χ0) is 14.7. The monoisotopic (exact) mass is 270 g/mol. The molecule has 2 heteroatoms. The highest BCUT2D eigenvalue weighted by Crippen LogP contribution is 2.41. The fourth-order valence-electron chi connectivity index (χ4n) is 2.69. The van der Waals surface area contributed by atoms with Crippen molar-refractivity contribution >= 4 is 0 Å². The first kappa shape index (κ1) is 14.4. The Labute approximate surface area is 120 Å². The highest BCUT2D eigenvalue weighted by molar-refractivity contribution is 5.78. The number of aromatic hydroxyl groups is 2. The molecular weight excluding hydrogens is 248 g/mol. The molecular formula is C18H22O2. The highest BCUT2D eigenvalue weighted by atomic mass is 16.3. The summed E-state index contributed by atoms with van der Waals surface area (Å²) in [5.41, 5.74) is 5.21. The number of phenolic OH excluding ortho intramolecular Hbond substituents is 2. The quantitative estimate of drug-likeness (QED) is 0.806. The van der Waals surface area contributed by atoms with Gasteiger partial charge >= 0.3 is 0 Å². The Kier molecular flexibility index (Phi) is 4.33. The second-order valence-corrected chi connectivity index (χ2v) is 5.01. The Balaban J connectivity index is 2.66. The number of rotatable bonds is 4. The number of phenols is 2. The normalized spacial score (nSPS) is 10.8. The van der Waals surface area contributed by atoms with E-state index in [9.17, 15) is 10.2 Å². The van der Waals surface area contributed by atoms with Crippen LogP contribution >= 0.6 is 0 Å².